The second-order valence-electron chi connectivity index (χ2n) is 5.82. The number of carbonyl (C=O) groups is 1. The fraction of sp³-hybridized carbons (Fsp3) is 0.316. The van der Waals surface area contributed by atoms with Gasteiger partial charge in [0.25, 0.3) is 0 Å². The van der Waals surface area contributed by atoms with E-state index in [1.807, 2.05) is 54.6 Å². The van der Waals surface area contributed by atoms with Gasteiger partial charge in [-0.2, -0.15) is 0 Å². The van der Waals surface area contributed by atoms with Gasteiger partial charge >= 0.3 is 0 Å². The van der Waals surface area contributed by atoms with E-state index < -0.39 is 0 Å². The van der Waals surface area contributed by atoms with Crippen LogP contribution in [0.3, 0.4) is 0 Å². The second kappa shape index (κ2) is 9.30. The number of hydrogen-bond acceptors (Lipinski definition) is 3. The van der Waals surface area contributed by atoms with E-state index in [1.54, 1.807) is 0 Å². The van der Waals surface area contributed by atoms with Crippen LogP contribution in [0.5, 0.6) is 11.5 Å². The molecule has 2 aromatic carbocycles. The molecule has 1 heterocycles. The molecule has 5 heteroatoms. The minimum Gasteiger partial charge on any atom is -0.457 e. The summed E-state index contributed by atoms with van der Waals surface area (Å²) in [5.41, 5.74) is 1.07. The predicted molar refractivity (Wildman–Crippen MR) is 97.6 cm³/mol. The van der Waals surface area contributed by atoms with Gasteiger partial charge in [-0.1, -0.05) is 30.3 Å². The molecule has 0 saturated carbocycles. The summed E-state index contributed by atoms with van der Waals surface area (Å²) >= 11 is 0. The minimum atomic E-state index is 0. The van der Waals surface area contributed by atoms with E-state index >= 15 is 0 Å². The Bertz CT molecular complexity index is 626. The summed E-state index contributed by atoms with van der Waals surface area (Å²) in [5.74, 6) is 1.85. The zero-order valence-electron chi connectivity index (χ0n) is 13.5. The molecule has 2 aromatic rings. The molecule has 1 atom stereocenters. The van der Waals surface area contributed by atoms with Crippen molar-refractivity contribution in [3.63, 3.8) is 0 Å². The van der Waals surface area contributed by atoms with Gasteiger partial charge in [0.15, 0.2) is 0 Å². The maximum absolute atomic E-state index is 12.1. The molecule has 1 fully saturated rings. The Morgan fingerprint density at radius 1 is 1.08 bits per heavy atom. The Morgan fingerprint density at radius 2 is 1.79 bits per heavy atom. The summed E-state index contributed by atoms with van der Waals surface area (Å²) in [6.07, 6.45) is 2.05. The molecule has 0 bridgehead atoms. The van der Waals surface area contributed by atoms with E-state index in [4.69, 9.17) is 4.74 Å². The topological polar surface area (TPSA) is 50.4 Å². The number of benzene rings is 2. The minimum absolute atomic E-state index is 0. The van der Waals surface area contributed by atoms with Gasteiger partial charge in [-0.25, -0.2) is 0 Å². The third-order valence-corrected chi connectivity index (χ3v) is 4.04. The van der Waals surface area contributed by atoms with Crippen molar-refractivity contribution >= 4 is 18.3 Å². The van der Waals surface area contributed by atoms with Gasteiger partial charge in [-0.05, 0) is 49.2 Å². The maximum Gasteiger partial charge on any atom is 0.224 e. The summed E-state index contributed by atoms with van der Waals surface area (Å²) in [5, 5.41) is 6.29. The van der Waals surface area contributed by atoms with Gasteiger partial charge in [0.05, 0.1) is 5.92 Å². The van der Waals surface area contributed by atoms with Crippen LogP contribution in [-0.4, -0.2) is 19.0 Å². The smallest absolute Gasteiger partial charge is 0.224 e. The fourth-order valence-corrected chi connectivity index (χ4v) is 2.71. The summed E-state index contributed by atoms with van der Waals surface area (Å²) in [7, 11) is 0. The lowest BCUT2D eigenvalue weighted by Crippen LogP contribution is -2.40. The molecule has 4 nitrogen and oxygen atoms in total. The third kappa shape index (κ3) is 5.25. The molecule has 1 aliphatic heterocycles. The van der Waals surface area contributed by atoms with E-state index in [1.165, 1.54) is 0 Å². The molecule has 1 aliphatic rings. The summed E-state index contributed by atoms with van der Waals surface area (Å²) in [6.45, 7) is 2.36. The number of para-hydroxylation sites is 1. The molecule has 0 radical (unpaired) electrons. The first-order chi connectivity index (χ1) is 11.3. The molecule has 24 heavy (non-hydrogen) atoms. The van der Waals surface area contributed by atoms with E-state index in [2.05, 4.69) is 10.6 Å². The lowest BCUT2D eigenvalue weighted by atomic mass is 9.99. The predicted octanol–water partition coefficient (Wildman–Crippen LogP) is 3.52. The first-order valence-electron chi connectivity index (χ1n) is 8.11. The van der Waals surface area contributed by atoms with Crippen molar-refractivity contribution in [1.29, 1.82) is 0 Å². The highest BCUT2D eigenvalue weighted by molar-refractivity contribution is 5.85. The average Bonchev–Trinajstić information content (AvgIpc) is 2.62. The molecule has 128 valence electrons. The van der Waals surface area contributed by atoms with Gasteiger partial charge in [0.2, 0.25) is 5.91 Å². The highest BCUT2D eigenvalue weighted by atomic mass is 35.5. The van der Waals surface area contributed by atoms with Crippen molar-refractivity contribution in [3.8, 4) is 11.5 Å². The Hall–Kier alpha value is -2.04. The quantitative estimate of drug-likeness (QED) is 0.871. The molecule has 3 rings (SSSR count). The highest BCUT2D eigenvalue weighted by Crippen LogP contribution is 2.21. The van der Waals surface area contributed by atoms with Crippen molar-refractivity contribution in [2.75, 3.05) is 13.1 Å². The lowest BCUT2D eigenvalue weighted by molar-refractivity contribution is -0.125. The van der Waals surface area contributed by atoms with Crippen LogP contribution < -0.4 is 15.4 Å². The van der Waals surface area contributed by atoms with Crippen LogP contribution in [0.15, 0.2) is 54.6 Å². The highest BCUT2D eigenvalue weighted by Gasteiger charge is 2.20. The van der Waals surface area contributed by atoms with Crippen molar-refractivity contribution in [1.82, 2.24) is 10.6 Å². The lowest BCUT2D eigenvalue weighted by Gasteiger charge is -2.21. The standard InChI is InChI=1S/C19H22N2O2.ClH/c22-19(16-5-4-12-20-14-16)21-13-15-8-10-18(11-9-15)23-17-6-2-1-3-7-17;/h1-3,6-11,16,20H,4-5,12-14H2,(H,21,22);1H. The first-order valence-corrected chi connectivity index (χ1v) is 8.11. The van der Waals surface area contributed by atoms with Crippen molar-refractivity contribution in [3.05, 3.63) is 60.2 Å². The van der Waals surface area contributed by atoms with Crippen LogP contribution >= 0.6 is 12.4 Å². The van der Waals surface area contributed by atoms with Gasteiger partial charge in [0.1, 0.15) is 11.5 Å². The van der Waals surface area contributed by atoms with E-state index in [9.17, 15) is 4.79 Å². The number of rotatable bonds is 5. The molecular formula is C19H23ClN2O2. The molecular weight excluding hydrogens is 324 g/mol. The summed E-state index contributed by atoms with van der Waals surface area (Å²) < 4.78 is 5.76. The van der Waals surface area contributed by atoms with Crippen LogP contribution in [-0.2, 0) is 11.3 Å². The first kappa shape index (κ1) is 18.3. The number of halogens is 1. The van der Waals surface area contributed by atoms with Crippen LogP contribution in [0.2, 0.25) is 0 Å². The molecule has 1 amide bonds. The van der Waals surface area contributed by atoms with Crippen LogP contribution in [0.25, 0.3) is 0 Å². The van der Waals surface area contributed by atoms with Crippen LogP contribution in [0.4, 0.5) is 0 Å². The molecule has 2 N–H and O–H groups in total. The zero-order valence-corrected chi connectivity index (χ0v) is 14.4. The summed E-state index contributed by atoms with van der Waals surface area (Å²) in [6, 6.07) is 17.5. The molecule has 1 saturated heterocycles. The van der Waals surface area contributed by atoms with Gasteiger partial charge in [0, 0.05) is 13.1 Å². The Balaban J connectivity index is 0.00000208. The van der Waals surface area contributed by atoms with Crippen molar-refractivity contribution < 1.29 is 9.53 Å². The Labute approximate surface area is 149 Å². The normalized spacial score (nSPS) is 16.8. The monoisotopic (exact) mass is 346 g/mol. The number of ether oxygens (including phenoxy) is 1. The maximum atomic E-state index is 12.1. The van der Waals surface area contributed by atoms with E-state index in [0.29, 0.717) is 6.54 Å². The molecule has 0 aromatic heterocycles. The largest absolute Gasteiger partial charge is 0.457 e. The van der Waals surface area contributed by atoms with Crippen molar-refractivity contribution in [2.45, 2.75) is 19.4 Å². The SMILES string of the molecule is Cl.O=C(NCc1ccc(Oc2ccccc2)cc1)C1CCCNC1. The number of hydrogen-bond donors (Lipinski definition) is 2. The Morgan fingerprint density at radius 3 is 2.46 bits per heavy atom. The van der Waals surface area contributed by atoms with Crippen LogP contribution in [0, 0.1) is 5.92 Å². The zero-order chi connectivity index (χ0) is 15.9. The molecule has 1 unspecified atom stereocenters. The number of nitrogens with one attached hydrogen (secondary N) is 2. The second-order valence-corrected chi connectivity index (χ2v) is 5.82. The average molecular weight is 347 g/mol. The summed E-state index contributed by atoms with van der Waals surface area (Å²) in [4.78, 5) is 12.1. The van der Waals surface area contributed by atoms with Gasteiger partial charge < -0.3 is 15.4 Å². The number of piperidine rings is 1. The molecule has 0 aliphatic carbocycles. The van der Waals surface area contributed by atoms with E-state index in [-0.39, 0.29) is 24.2 Å². The van der Waals surface area contributed by atoms with E-state index in [0.717, 1.165) is 43.0 Å². The van der Waals surface area contributed by atoms with Crippen molar-refractivity contribution in [2.24, 2.45) is 5.92 Å². The van der Waals surface area contributed by atoms with Gasteiger partial charge in [-0.15, -0.1) is 12.4 Å². The fourth-order valence-electron chi connectivity index (χ4n) is 2.71. The number of amides is 1. The van der Waals surface area contributed by atoms with Crippen LogP contribution in [0.1, 0.15) is 18.4 Å². The molecule has 0 spiro atoms. The third-order valence-electron chi connectivity index (χ3n) is 4.04. The number of carbonyl (C=O) groups excluding carboxylic acids is 1. The van der Waals surface area contributed by atoms with Gasteiger partial charge in [-0.3, -0.25) is 4.79 Å². The Kier molecular flexibility index (Phi) is 7.09.